The molecule has 2 nitrogen and oxygen atoms in total. The fourth-order valence-electron chi connectivity index (χ4n) is 4.95. The van der Waals surface area contributed by atoms with Crippen molar-refractivity contribution >= 4 is 28.0 Å². The molecule has 2 bridgehead atoms. The van der Waals surface area contributed by atoms with E-state index in [1.807, 2.05) is 0 Å². The maximum atomic E-state index is 6.27. The summed E-state index contributed by atoms with van der Waals surface area (Å²) < 4.78 is 12.5. The Morgan fingerprint density at radius 3 is 1.39 bits per heavy atom. The van der Waals surface area contributed by atoms with E-state index >= 15 is 0 Å². The lowest BCUT2D eigenvalue weighted by Gasteiger charge is -2.26. The molecule has 0 radical (unpaired) electrons. The van der Waals surface area contributed by atoms with Crippen molar-refractivity contribution in [3.63, 3.8) is 0 Å². The highest BCUT2D eigenvalue weighted by Gasteiger charge is 2.25. The van der Waals surface area contributed by atoms with Crippen LogP contribution in [0.15, 0.2) is 48.5 Å². The first-order chi connectivity index (χ1) is 13.9. The van der Waals surface area contributed by atoms with E-state index in [4.69, 9.17) is 9.47 Å². The SMILES string of the molecule is c1ccc2c(c1)OCCCCCCOc1ccccc1[SiH]1CCC[SiH]2CCC1. The van der Waals surface area contributed by atoms with Gasteiger partial charge in [-0.1, -0.05) is 73.4 Å². The first-order valence-corrected chi connectivity index (χ1v) is 15.8. The Morgan fingerprint density at radius 2 is 0.929 bits per heavy atom. The molecule has 0 amide bonds. The molecule has 3 heterocycles. The van der Waals surface area contributed by atoms with E-state index in [9.17, 15) is 0 Å². The second kappa shape index (κ2) is 10.3. The van der Waals surface area contributed by atoms with Crippen LogP contribution >= 0.6 is 0 Å². The molecule has 0 aliphatic carbocycles. The highest BCUT2D eigenvalue weighted by Crippen LogP contribution is 2.24. The van der Waals surface area contributed by atoms with Crippen molar-refractivity contribution in [1.82, 2.24) is 0 Å². The Kier molecular flexibility index (Phi) is 7.28. The molecule has 0 atom stereocenters. The minimum atomic E-state index is -0.919. The van der Waals surface area contributed by atoms with Crippen LogP contribution in [0.4, 0.5) is 0 Å². The van der Waals surface area contributed by atoms with Gasteiger partial charge in [0.05, 0.1) is 30.8 Å². The second-order valence-electron chi connectivity index (χ2n) is 8.44. The summed E-state index contributed by atoms with van der Waals surface area (Å²) in [5.74, 6) is 2.40. The maximum Gasteiger partial charge on any atom is 0.118 e. The zero-order valence-electron chi connectivity index (χ0n) is 17.1. The van der Waals surface area contributed by atoms with Gasteiger partial charge >= 0.3 is 0 Å². The first-order valence-electron chi connectivity index (χ1n) is 11.4. The zero-order valence-corrected chi connectivity index (χ0v) is 19.4. The van der Waals surface area contributed by atoms with Crippen LogP contribution in [0, 0.1) is 0 Å². The predicted octanol–water partition coefficient (Wildman–Crippen LogP) is 4.38. The van der Waals surface area contributed by atoms with Crippen LogP contribution < -0.4 is 19.8 Å². The summed E-state index contributed by atoms with van der Waals surface area (Å²) in [6.45, 7) is 1.72. The average Bonchev–Trinajstić information content (AvgIpc) is 2.71. The summed E-state index contributed by atoms with van der Waals surface area (Å²) in [6, 6.07) is 23.7. The molecular weight excluding hydrogens is 376 g/mol. The van der Waals surface area contributed by atoms with Crippen molar-refractivity contribution in [3.05, 3.63) is 48.5 Å². The standard InChI is InChI=1S/C24H34O2Si2/c1-2-8-16-26-22-12-4-6-14-24(22)28-19-9-17-27(18-10-20-28)23-13-5-3-11-21(23)25-15-7-1/h3-6,11-14,27-28H,1-2,7-10,15-20H2. The normalized spacial score (nSPS) is 24.0. The number of hydrogen-bond donors (Lipinski definition) is 0. The van der Waals surface area contributed by atoms with Crippen molar-refractivity contribution in [2.75, 3.05) is 13.2 Å². The molecule has 1 saturated heterocycles. The summed E-state index contributed by atoms with van der Waals surface area (Å²) in [4.78, 5) is 0. The third-order valence-corrected chi connectivity index (χ3v) is 13.6. The fraction of sp³-hybridized carbons (Fsp3) is 0.500. The molecule has 150 valence electrons. The Bertz CT molecular complexity index is 677. The molecule has 0 aromatic heterocycles. The molecule has 0 saturated carbocycles. The molecule has 3 aliphatic heterocycles. The summed E-state index contributed by atoms with van der Waals surface area (Å²) in [7, 11) is -1.84. The average molecular weight is 411 g/mol. The van der Waals surface area contributed by atoms with Gasteiger partial charge in [-0.2, -0.15) is 0 Å². The van der Waals surface area contributed by atoms with E-state index in [2.05, 4.69) is 48.5 Å². The summed E-state index contributed by atoms with van der Waals surface area (Å²) in [5, 5.41) is 3.19. The van der Waals surface area contributed by atoms with Gasteiger partial charge in [0, 0.05) is 0 Å². The lowest BCUT2D eigenvalue weighted by Crippen LogP contribution is -2.37. The van der Waals surface area contributed by atoms with Gasteiger partial charge < -0.3 is 9.47 Å². The van der Waals surface area contributed by atoms with Gasteiger partial charge in [-0.3, -0.25) is 0 Å². The van der Waals surface area contributed by atoms with Gasteiger partial charge in [-0.25, -0.2) is 0 Å². The number of hydrogen-bond acceptors (Lipinski definition) is 2. The van der Waals surface area contributed by atoms with E-state index in [-0.39, 0.29) is 0 Å². The van der Waals surface area contributed by atoms with E-state index in [0.717, 1.165) is 26.1 Å². The monoisotopic (exact) mass is 410 g/mol. The van der Waals surface area contributed by atoms with Gasteiger partial charge in [-0.15, -0.1) is 0 Å². The number of para-hydroxylation sites is 2. The molecule has 0 N–H and O–H groups in total. The van der Waals surface area contributed by atoms with Gasteiger partial charge in [0.15, 0.2) is 0 Å². The van der Waals surface area contributed by atoms with Crippen LogP contribution in [-0.4, -0.2) is 30.8 Å². The van der Waals surface area contributed by atoms with E-state index in [0.29, 0.717) is 0 Å². The van der Waals surface area contributed by atoms with Crippen LogP contribution in [0.25, 0.3) is 0 Å². The minimum absolute atomic E-state index is 0.858. The summed E-state index contributed by atoms with van der Waals surface area (Å²) >= 11 is 0. The summed E-state index contributed by atoms with van der Waals surface area (Å²) in [6.07, 6.45) is 7.54. The predicted molar refractivity (Wildman–Crippen MR) is 124 cm³/mol. The Morgan fingerprint density at radius 1 is 0.500 bits per heavy atom. The van der Waals surface area contributed by atoms with E-state index in [1.165, 1.54) is 61.4 Å². The Balaban J connectivity index is 1.56. The molecule has 1 fully saturated rings. The van der Waals surface area contributed by atoms with Gasteiger partial charge in [0.2, 0.25) is 0 Å². The molecule has 3 aliphatic rings. The fourth-order valence-corrected chi connectivity index (χ4v) is 12.6. The molecule has 5 rings (SSSR count). The van der Waals surface area contributed by atoms with Crippen LogP contribution in [0.1, 0.15) is 38.5 Å². The summed E-state index contributed by atoms with van der Waals surface area (Å²) in [5.41, 5.74) is 0. The molecule has 0 spiro atoms. The third kappa shape index (κ3) is 5.09. The zero-order chi connectivity index (χ0) is 19.0. The molecule has 0 unspecified atom stereocenters. The van der Waals surface area contributed by atoms with Crippen molar-refractivity contribution in [2.45, 2.75) is 62.7 Å². The number of rotatable bonds is 0. The second-order valence-corrected chi connectivity index (χ2v) is 14.8. The highest BCUT2D eigenvalue weighted by molar-refractivity contribution is 6.76. The Labute approximate surface area is 173 Å². The Hall–Kier alpha value is -1.53. The van der Waals surface area contributed by atoms with Crippen LogP contribution in [0.5, 0.6) is 11.5 Å². The van der Waals surface area contributed by atoms with Gasteiger partial charge in [0.1, 0.15) is 11.5 Å². The van der Waals surface area contributed by atoms with Crippen molar-refractivity contribution in [2.24, 2.45) is 0 Å². The largest absolute Gasteiger partial charge is 0.494 e. The van der Waals surface area contributed by atoms with Crippen molar-refractivity contribution in [3.8, 4) is 11.5 Å². The molecule has 2 aromatic carbocycles. The smallest absolute Gasteiger partial charge is 0.118 e. The minimum Gasteiger partial charge on any atom is -0.494 e. The maximum absolute atomic E-state index is 6.27. The molecule has 4 heteroatoms. The van der Waals surface area contributed by atoms with Crippen molar-refractivity contribution in [1.29, 1.82) is 0 Å². The van der Waals surface area contributed by atoms with Crippen LogP contribution in [-0.2, 0) is 0 Å². The van der Waals surface area contributed by atoms with Gasteiger partial charge in [-0.05, 0) is 48.2 Å². The van der Waals surface area contributed by atoms with Gasteiger partial charge in [0.25, 0.3) is 0 Å². The molecular formula is C24H34O2Si2. The molecule has 28 heavy (non-hydrogen) atoms. The third-order valence-electron chi connectivity index (χ3n) is 6.48. The number of fused-ring (bicyclic) bond motifs is 11. The van der Waals surface area contributed by atoms with Crippen LogP contribution in [0.2, 0.25) is 24.2 Å². The lowest BCUT2D eigenvalue weighted by molar-refractivity contribution is 0.289. The van der Waals surface area contributed by atoms with E-state index < -0.39 is 17.6 Å². The van der Waals surface area contributed by atoms with Crippen LogP contribution in [0.3, 0.4) is 0 Å². The number of ether oxygens (including phenoxy) is 2. The first kappa shape index (κ1) is 19.8. The topological polar surface area (TPSA) is 18.5 Å². The quantitative estimate of drug-likeness (QED) is 0.600. The van der Waals surface area contributed by atoms with E-state index in [1.54, 1.807) is 10.4 Å². The molecule has 2 aromatic rings. The van der Waals surface area contributed by atoms with Crippen molar-refractivity contribution < 1.29 is 9.47 Å². The number of benzene rings is 2. The highest BCUT2D eigenvalue weighted by atomic mass is 28.3. The lowest BCUT2D eigenvalue weighted by atomic mass is 10.2.